The van der Waals surface area contributed by atoms with Gasteiger partial charge in [0.05, 0.1) is 13.4 Å². The van der Waals surface area contributed by atoms with Crippen molar-refractivity contribution in [3.05, 3.63) is 78.3 Å². The second-order valence-electron chi connectivity index (χ2n) is 7.92. The van der Waals surface area contributed by atoms with Crippen molar-refractivity contribution in [1.82, 2.24) is 4.90 Å². The van der Waals surface area contributed by atoms with Crippen molar-refractivity contribution in [3.63, 3.8) is 0 Å². The molecule has 6 nitrogen and oxygen atoms in total. The summed E-state index contributed by atoms with van der Waals surface area (Å²) in [6.07, 6.45) is 8.09. The molecule has 0 saturated heterocycles. The first-order valence-corrected chi connectivity index (χ1v) is 12.6. The average molecular weight is 441 g/mol. The van der Waals surface area contributed by atoms with E-state index in [1.54, 1.807) is 50.6 Å². The van der Waals surface area contributed by atoms with Gasteiger partial charge in [-0.2, -0.15) is 0 Å². The third-order valence-electron chi connectivity index (χ3n) is 4.95. The number of rotatable bonds is 7. The number of ether oxygens (including phenoxy) is 1. The van der Waals surface area contributed by atoms with Gasteiger partial charge in [0.15, 0.2) is 5.76 Å². The van der Waals surface area contributed by atoms with Gasteiger partial charge >= 0.3 is 0 Å². The number of nitrogens with zero attached hydrogens (tertiary/aromatic N) is 1. The summed E-state index contributed by atoms with van der Waals surface area (Å²) in [4.78, 5) is 28.8. The maximum atomic E-state index is 13.3. The molecule has 2 amide bonds. The summed E-state index contributed by atoms with van der Waals surface area (Å²) in [7, 11) is 2.32. The highest BCUT2D eigenvalue weighted by atomic mass is 32.3. The van der Waals surface area contributed by atoms with Crippen molar-refractivity contribution in [2.45, 2.75) is 10.9 Å². The number of benzene rings is 2. The number of likely N-dealkylation sites (N-methyl/N-ethyl adjacent to an activating group) is 1. The van der Waals surface area contributed by atoms with Gasteiger partial charge in [-0.1, -0.05) is 12.1 Å². The highest BCUT2D eigenvalue weighted by Crippen LogP contribution is 2.45. The first-order valence-electron chi connectivity index (χ1n) is 9.74. The Morgan fingerprint density at radius 2 is 1.65 bits per heavy atom. The molecule has 3 aromatic rings. The quantitative estimate of drug-likeness (QED) is 0.573. The summed E-state index contributed by atoms with van der Waals surface area (Å²) in [6.45, 7) is 0. The molecule has 0 aliphatic carbocycles. The molecule has 164 valence electrons. The van der Waals surface area contributed by atoms with E-state index in [-0.39, 0.29) is 17.6 Å². The summed E-state index contributed by atoms with van der Waals surface area (Å²) in [5.41, 5.74) is 1.34. The fourth-order valence-corrected chi connectivity index (χ4v) is 4.14. The predicted molar refractivity (Wildman–Crippen MR) is 125 cm³/mol. The van der Waals surface area contributed by atoms with Gasteiger partial charge in [0, 0.05) is 12.7 Å². The lowest BCUT2D eigenvalue weighted by molar-refractivity contribution is -0.120. The van der Waals surface area contributed by atoms with Crippen LogP contribution in [0, 0.1) is 0 Å². The van der Waals surface area contributed by atoms with E-state index in [4.69, 9.17) is 9.15 Å². The van der Waals surface area contributed by atoms with Gasteiger partial charge in [-0.25, -0.2) is 10.0 Å². The molecule has 1 N–H and O–H groups in total. The third kappa shape index (κ3) is 5.30. The van der Waals surface area contributed by atoms with Crippen molar-refractivity contribution in [2.75, 3.05) is 38.2 Å². The van der Waals surface area contributed by atoms with E-state index in [9.17, 15) is 9.59 Å². The molecular formula is C24H28N2O4S. The molecule has 0 spiro atoms. The zero-order valence-corrected chi connectivity index (χ0v) is 19.2. The van der Waals surface area contributed by atoms with Crippen molar-refractivity contribution in [2.24, 2.45) is 0 Å². The van der Waals surface area contributed by atoms with Crippen molar-refractivity contribution < 1.29 is 18.7 Å². The zero-order chi connectivity index (χ0) is 22.6. The number of nitrogens with one attached hydrogen (secondary N) is 1. The Morgan fingerprint density at radius 1 is 1.00 bits per heavy atom. The predicted octanol–water partition coefficient (Wildman–Crippen LogP) is 4.79. The summed E-state index contributed by atoms with van der Waals surface area (Å²) in [5, 5.41) is 2.94. The topological polar surface area (TPSA) is 71.8 Å². The largest absolute Gasteiger partial charge is 0.497 e. The molecule has 1 unspecified atom stereocenters. The molecule has 0 saturated carbocycles. The summed E-state index contributed by atoms with van der Waals surface area (Å²) < 4.78 is 10.5. The summed E-state index contributed by atoms with van der Waals surface area (Å²) >= 11 is 0. The molecule has 1 aromatic heterocycles. The molecule has 0 radical (unpaired) electrons. The lowest BCUT2D eigenvalue weighted by Crippen LogP contribution is -2.38. The minimum atomic E-state index is -0.852. The molecule has 0 aliphatic heterocycles. The highest BCUT2D eigenvalue weighted by Gasteiger charge is 2.30. The molecule has 31 heavy (non-hydrogen) atoms. The van der Waals surface area contributed by atoms with E-state index in [0.717, 1.165) is 0 Å². The number of carbonyl (C=O) groups excluding carboxylic acids is 2. The molecule has 1 heterocycles. The highest BCUT2D eigenvalue weighted by molar-refractivity contribution is 8.32. The van der Waals surface area contributed by atoms with Crippen molar-refractivity contribution >= 4 is 27.5 Å². The normalized spacial score (nSPS) is 12.7. The Morgan fingerprint density at radius 3 is 2.16 bits per heavy atom. The fraction of sp³-hybridized carbons (Fsp3) is 0.250. The SMILES string of the molecule is COc1ccc(C(C(=O)Nc2ccc(S(C)(C)C)cc2)N(C)C(=O)c2ccco2)cc1. The van der Waals surface area contributed by atoms with Crippen LogP contribution in [0.1, 0.15) is 22.2 Å². The molecule has 1 atom stereocenters. The van der Waals surface area contributed by atoms with Crippen LogP contribution in [0.5, 0.6) is 5.75 Å². The fourth-order valence-electron chi connectivity index (χ4n) is 3.19. The molecular weight excluding hydrogens is 412 g/mol. The number of anilines is 1. The second kappa shape index (κ2) is 9.31. The standard InChI is InChI=1S/C24H28N2O4S/c1-26(24(28)21-7-6-16-30-21)22(17-8-12-19(29-2)13-9-17)23(27)25-18-10-14-20(15-11-18)31(3,4)5/h6-16,22H,1-5H3,(H,25,27). The number of furan rings is 1. The van der Waals surface area contributed by atoms with E-state index in [1.165, 1.54) is 16.1 Å². The van der Waals surface area contributed by atoms with Gasteiger partial charge < -0.3 is 19.4 Å². The first-order chi connectivity index (χ1) is 14.7. The molecule has 0 fully saturated rings. The van der Waals surface area contributed by atoms with Crippen molar-refractivity contribution in [3.8, 4) is 5.75 Å². The van der Waals surface area contributed by atoms with Crippen LogP contribution in [0.25, 0.3) is 0 Å². The van der Waals surface area contributed by atoms with E-state index < -0.39 is 16.1 Å². The summed E-state index contributed by atoms with van der Waals surface area (Å²) in [6, 6.07) is 17.3. The van der Waals surface area contributed by atoms with Gasteiger partial charge in [-0.05, 0) is 77.8 Å². The molecule has 0 aliphatic rings. The molecule has 2 aromatic carbocycles. The maximum Gasteiger partial charge on any atom is 0.290 e. The van der Waals surface area contributed by atoms with E-state index in [1.807, 2.05) is 24.3 Å². The van der Waals surface area contributed by atoms with Crippen LogP contribution in [0.2, 0.25) is 0 Å². The first kappa shape index (κ1) is 22.5. The Kier molecular flexibility index (Phi) is 6.75. The van der Waals surface area contributed by atoms with Gasteiger partial charge in [0.2, 0.25) is 0 Å². The molecule has 7 heteroatoms. The van der Waals surface area contributed by atoms with Crippen LogP contribution >= 0.6 is 10.0 Å². The maximum absolute atomic E-state index is 13.3. The number of methoxy groups -OCH3 is 1. The number of hydrogen-bond acceptors (Lipinski definition) is 4. The van der Waals surface area contributed by atoms with Crippen LogP contribution in [-0.2, 0) is 4.79 Å². The van der Waals surface area contributed by atoms with Crippen LogP contribution < -0.4 is 10.1 Å². The molecule has 3 rings (SSSR count). The Labute approximate surface area is 184 Å². The zero-order valence-electron chi connectivity index (χ0n) is 18.4. The molecule has 0 bridgehead atoms. The Bertz CT molecular complexity index is 1020. The van der Waals surface area contributed by atoms with Crippen LogP contribution in [0.15, 0.2) is 76.2 Å². The second-order valence-corrected chi connectivity index (χ2v) is 12.1. The minimum absolute atomic E-state index is 0.173. The average Bonchev–Trinajstić information content (AvgIpc) is 3.28. The minimum Gasteiger partial charge on any atom is -0.497 e. The Balaban J connectivity index is 1.89. The van der Waals surface area contributed by atoms with Crippen LogP contribution in [0.4, 0.5) is 5.69 Å². The summed E-state index contributed by atoms with van der Waals surface area (Å²) in [5.74, 6) is 0.144. The van der Waals surface area contributed by atoms with E-state index in [2.05, 4.69) is 24.1 Å². The monoisotopic (exact) mass is 440 g/mol. The van der Waals surface area contributed by atoms with Gasteiger partial charge in [0.25, 0.3) is 11.8 Å². The van der Waals surface area contributed by atoms with Gasteiger partial charge in [0.1, 0.15) is 11.8 Å². The lowest BCUT2D eigenvalue weighted by Gasteiger charge is -2.28. The number of hydrogen-bond donors (Lipinski definition) is 1. The smallest absolute Gasteiger partial charge is 0.290 e. The van der Waals surface area contributed by atoms with Crippen molar-refractivity contribution in [1.29, 1.82) is 0 Å². The van der Waals surface area contributed by atoms with E-state index >= 15 is 0 Å². The van der Waals surface area contributed by atoms with E-state index in [0.29, 0.717) is 17.0 Å². The Hall–Kier alpha value is -3.19. The van der Waals surface area contributed by atoms with Gasteiger partial charge in [-0.15, -0.1) is 0 Å². The number of carbonyl (C=O) groups is 2. The lowest BCUT2D eigenvalue weighted by atomic mass is 10.0. The van der Waals surface area contributed by atoms with Crippen LogP contribution in [0.3, 0.4) is 0 Å². The van der Waals surface area contributed by atoms with Gasteiger partial charge in [-0.3, -0.25) is 9.59 Å². The third-order valence-corrected chi connectivity index (χ3v) is 6.63. The van der Waals surface area contributed by atoms with Crippen LogP contribution in [-0.4, -0.2) is 49.6 Å². The number of amides is 2.